The van der Waals surface area contributed by atoms with Gasteiger partial charge in [0.05, 0.1) is 0 Å². The fourth-order valence-corrected chi connectivity index (χ4v) is 3.29. The molecule has 0 aliphatic carbocycles. The molecule has 0 bridgehead atoms. The van der Waals surface area contributed by atoms with Crippen LogP contribution in [0.25, 0.3) is 0 Å². The Kier molecular flexibility index (Phi) is 5.72. The SMILES string of the molecule is CSCC(C)CNCc1cc(C)sc1C. The minimum atomic E-state index is 0.764. The minimum absolute atomic E-state index is 0.764. The average Bonchev–Trinajstić information content (AvgIpc) is 2.46. The van der Waals surface area contributed by atoms with Gasteiger partial charge < -0.3 is 5.32 Å². The summed E-state index contributed by atoms with van der Waals surface area (Å²) in [7, 11) is 0. The summed E-state index contributed by atoms with van der Waals surface area (Å²) in [4.78, 5) is 2.87. The lowest BCUT2D eigenvalue weighted by molar-refractivity contribution is 0.559. The predicted molar refractivity (Wildman–Crippen MR) is 73.0 cm³/mol. The molecule has 1 rings (SSSR count). The molecule has 0 spiro atoms. The third-order valence-corrected chi connectivity index (χ3v) is 4.31. The summed E-state index contributed by atoms with van der Waals surface area (Å²) >= 11 is 3.82. The summed E-state index contributed by atoms with van der Waals surface area (Å²) in [5.41, 5.74) is 1.47. The smallest absolute Gasteiger partial charge is 0.0216 e. The first-order chi connectivity index (χ1) is 7.13. The third-order valence-electron chi connectivity index (χ3n) is 2.40. The normalized spacial score (nSPS) is 13.1. The molecule has 1 unspecified atom stereocenters. The Hall–Kier alpha value is 0.01000. The summed E-state index contributed by atoms with van der Waals surface area (Å²) in [6.45, 7) is 8.83. The van der Waals surface area contributed by atoms with Gasteiger partial charge in [-0.25, -0.2) is 0 Å². The van der Waals surface area contributed by atoms with E-state index in [0.29, 0.717) is 0 Å². The number of aryl methyl sites for hydroxylation is 2. The number of thioether (sulfide) groups is 1. The quantitative estimate of drug-likeness (QED) is 0.821. The average molecular weight is 243 g/mol. The summed E-state index contributed by atoms with van der Waals surface area (Å²) in [6, 6.07) is 2.30. The summed E-state index contributed by atoms with van der Waals surface area (Å²) in [5, 5.41) is 3.53. The highest BCUT2D eigenvalue weighted by Crippen LogP contribution is 2.20. The lowest BCUT2D eigenvalue weighted by Crippen LogP contribution is -2.22. The van der Waals surface area contributed by atoms with Gasteiger partial charge in [0.15, 0.2) is 0 Å². The molecular weight excluding hydrogens is 222 g/mol. The predicted octanol–water partition coefficient (Wildman–Crippen LogP) is 3.45. The van der Waals surface area contributed by atoms with Gasteiger partial charge in [-0.1, -0.05) is 6.92 Å². The molecule has 0 saturated heterocycles. The van der Waals surface area contributed by atoms with Gasteiger partial charge in [-0.05, 0) is 49.9 Å². The van der Waals surface area contributed by atoms with Gasteiger partial charge >= 0.3 is 0 Å². The highest BCUT2D eigenvalue weighted by molar-refractivity contribution is 7.98. The number of nitrogens with one attached hydrogen (secondary N) is 1. The van der Waals surface area contributed by atoms with Crippen LogP contribution < -0.4 is 5.32 Å². The van der Waals surface area contributed by atoms with Crippen molar-refractivity contribution < 1.29 is 0 Å². The molecule has 0 amide bonds. The molecule has 1 nitrogen and oxygen atoms in total. The molecule has 1 heterocycles. The summed E-state index contributed by atoms with van der Waals surface area (Å²) in [6.07, 6.45) is 2.17. The van der Waals surface area contributed by atoms with E-state index in [-0.39, 0.29) is 0 Å². The fraction of sp³-hybridized carbons (Fsp3) is 0.667. The van der Waals surface area contributed by atoms with E-state index in [4.69, 9.17) is 0 Å². The molecule has 3 heteroatoms. The van der Waals surface area contributed by atoms with E-state index in [0.717, 1.165) is 19.0 Å². The molecule has 15 heavy (non-hydrogen) atoms. The second-order valence-electron chi connectivity index (χ2n) is 4.13. The second kappa shape index (κ2) is 6.56. The first kappa shape index (κ1) is 13.1. The Morgan fingerprint density at radius 2 is 2.20 bits per heavy atom. The zero-order chi connectivity index (χ0) is 11.3. The monoisotopic (exact) mass is 243 g/mol. The maximum atomic E-state index is 3.53. The summed E-state index contributed by atoms with van der Waals surface area (Å²) in [5.74, 6) is 2.01. The zero-order valence-corrected chi connectivity index (χ0v) is 11.7. The van der Waals surface area contributed by atoms with E-state index in [1.807, 2.05) is 23.1 Å². The molecule has 1 aromatic heterocycles. The van der Waals surface area contributed by atoms with Crippen LogP contribution in [0.3, 0.4) is 0 Å². The van der Waals surface area contributed by atoms with E-state index in [9.17, 15) is 0 Å². The van der Waals surface area contributed by atoms with Crippen LogP contribution in [-0.4, -0.2) is 18.6 Å². The lowest BCUT2D eigenvalue weighted by atomic mass is 10.2. The van der Waals surface area contributed by atoms with E-state index in [2.05, 4.69) is 38.4 Å². The Balaban J connectivity index is 2.28. The van der Waals surface area contributed by atoms with Crippen molar-refractivity contribution in [3.63, 3.8) is 0 Å². The van der Waals surface area contributed by atoms with E-state index < -0.39 is 0 Å². The standard InChI is InChI=1S/C12H21NS2/c1-9(8-14-4)6-13-7-12-5-10(2)15-11(12)3/h5,9,13H,6-8H2,1-4H3. The molecule has 1 atom stereocenters. The van der Waals surface area contributed by atoms with Crippen LogP contribution in [0.1, 0.15) is 22.2 Å². The van der Waals surface area contributed by atoms with Crippen molar-refractivity contribution in [3.8, 4) is 0 Å². The number of hydrogen-bond acceptors (Lipinski definition) is 3. The highest BCUT2D eigenvalue weighted by Gasteiger charge is 2.04. The lowest BCUT2D eigenvalue weighted by Gasteiger charge is -2.10. The maximum Gasteiger partial charge on any atom is 0.0216 e. The summed E-state index contributed by atoms with van der Waals surface area (Å²) < 4.78 is 0. The molecule has 0 aromatic carbocycles. The van der Waals surface area contributed by atoms with Crippen molar-refractivity contribution in [2.24, 2.45) is 5.92 Å². The Morgan fingerprint density at radius 1 is 1.47 bits per heavy atom. The van der Waals surface area contributed by atoms with Crippen molar-refractivity contribution >= 4 is 23.1 Å². The van der Waals surface area contributed by atoms with Crippen molar-refractivity contribution in [1.82, 2.24) is 5.32 Å². The Bertz CT molecular complexity index is 294. The first-order valence-corrected chi connectivity index (χ1v) is 7.60. The van der Waals surface area contributed by atoms with Crippen LogP contribution in [-0.2, 0) is 6.54 Å². The van der Waals surface area contributed by atoms with Gasteiger partial charge in [-0.3, -0.25) is 0 Å². The molecule has 86 valence electrons. The molecule has 1 N–H and O–H groups in total. The molecule has 0 saturated carbocycles. The van der Waals surface area contributed by atoms with Gasteiger partial charge in [0, 0.05) is 16.3 Å². The van der Waals surface area contributed by atoms with Gasteiger partial charge in [-0.2, -0.15) is 11.8 Å². The van der Waals surface area contributed by atoms with Gasteiger partial charge in [0.25, 0.3) is 0 Å². The highest BCUT2D eigenvalue weighted by atomic mass is 32.2. The topological polar surface area (TPSA) is 12.0 Å². The Labute approximate surface area is 102 Å². The first-order valence-electron chi connectivity index (χ1n) is 5.39. The largest absolute Gasteiger partial charge is 0.312 e. The van der Waals surface area contributed by atoms with Crippen LogP contribution in [0.4, 0.5) is 0 Å². The van der Waals surface area contributed by atoms with E-state index in [1.165, 1.54) is 21.1 Å². The van der Waals surface area contributed by atoms with Crippen LogP contribution in [0.2, 0.25) is 0 Å². The van der Waals surface area contributed by atoms with Crippen LogP contribution >= 0.6 is 23.1 Å². The fourth-order valence-electron chi connectivity index (χ4n) is 1.66. The zero-order valence-electron chi connectivity index (χ0n) is 10.1. The van der Waals surface area contributed by atoms with Gasteiger partial charge in [0.2, 0.25) is 0 Å². The van der Waals surface area contributed by atoms with Crippen molar-refractivity contribution in [1.29, 1.82) is 0 Å². The number of rotatable bonds is 6. The molecule has 0 aliphatic rings. The van der Waals surface area contributed by atoms with Crippen molar-refractivity contribution in [2.45, 2.75) is 27.3 Å². The van der Waals surface area contributed by atoms with Crippen LogP contribution in [0.5, 0.6) is 0 Å². The molecule has 0 aliphatic heterocycles. The third kappa shape index (κ3) is 4.58. The van der Waals surface area contributed by atoms with Crippen molar-refractivity contribution in [2.75, 3.05) is 18.6 Å². The molecule has 1 aromatic rings. The Morgan fingerprint density at radius 3 is 2.73 bits per heavy atom. The second-order valence-corrected chi connectivity index (χ2v) is 6.50. The van der Waals surface area contributed by atoms with Gasteiger partial charge in [-0.15, -0.1) is 11.3 Å². The molecule has 0 radical (unpaired) electrons. The van der Waals surface area contributed by atoms with Gasteiger partial charge in [0.1, 0.15) is 0 Å². The number of thiophene rings is 1. The number of hydrogen-bond donors (Lipinski definition) is 1. The molecule has 0 fully saturated rings. The van der Waals surface area contributed by atoms with Crippen molar-refractivity contribution in [3.05, 3.63) is 21.4 Å². The van der Waals surface area contributed by atoms with Crippen LogP contribution in [0.15, 0.2) is 6.07 Å². The van der Waals surface area contributed by atoms with E-state index in [1.54, 1.807) is 0 Å². The maximum absolute atomic E-state index is 3.53. The minimum Gasteiger partial charge on any atom is -0.312 e. The van der Waals surface area contributed by atoms with E-state index >= 15 is 0 Å². The molecular formula is C12H21NS2. The van der Waals surface area contributed by atoms with Crippen LogP contribution in [0, 0.1) is 19.8 Å².